The molecule has 0 bridgehead atoms. The molecule has 118 valence electrons. The van der Waals surface area contributed by atoms with Gasteiger partial charge in [0.1, 0.15) is 0 Å². The number of allylic oxidation sites excluding steroid dienone is 1. The zero-order chi connectivity index (χ0) is 16.2. The molecule has 1 aliphatic rings. The van der Waals surface area contributed by atoms with Crippen LogP contribution in [-0.2, 0) is 0 Å². The van der Waals surface area contributed by atoms with Crippen LogP contribution in [0.3, 0.4) is 0 Å². The molecular weight excluding hydrogens is 284 g/mol. The van der Waals surface area contributed by atoms with Gasteiger partial charge in [0.25, 0.3) is 0 Å². The van der Waals surface area contributed by atoms with E-state index in [0.717, 1.165) is 46.0 Å². The van der Waals surface area contributed by atoms with E-state index in [9.17, 15) is 0 Å². The van der Waals surface area contributed by atoms with Crippen LogP contribution in [-0.4, -0.2) is 24.1 Å². The Morgan fingerprint density at radius 3 is 2.70 bits per heavy atom. The second kappa shape index (κ2) is 6.67. The summed E-state index contributed by atoms with van der Waals surface area (Å²) in [6.45, 7) is 7.75. The van der Waals surface area contributed by atoms with Crippen LogP contribution in [0.15, 0.2) is 43.1 Å². The maximum Gasteiger partial charge on any atom is 0.0510 e. The third-order valence-corrected chi connectivity index (χ3v) is 4.06. The van der Waals surface area contributed by atoms with Crippen molar-refractivity contribution in [3.63, 3.8) is 0 Å². The Kier molecular flexibility index (Phi) is 4.44. The number of nitrogens with one attached hydrogen (secondary N) is 2. The van der Waals surface area contributed by atoms with Crippen molar-refractivity contribution in [3.8, 4) is 11.1 Å². The van der Waals surface area contributed by atoms with Crippen LogP contribution in [0.25, 0.3) is 23.4 Å². The molecule has 1 aromatic carbocycles. The van der Waals surface area contributed by atoms with Crippen LogP contribution < -0.4 is 26.8 Å². The van der Waals surface area contributed by atoms with Gasteiger partial charge >= 0.3 is 0 Å². The number of hydrogen-bond donors (Lipinski definition) is 3. The van der Waals surface area contributed by atoms with Gasteiger partial charge in [0.05, 0.1) is 6.04 Å². The minimum Gasteiger partial charge on any atom is -0.404 e. The average molecular weight is 306 g/mol. The molecule has 23 heavy (non-hydrogen) atoms. The first kappa shape index (κ1) is 15.3. The highest BCUT2D eigenvalue weighted by Crippen LogP contribution is 2.19. The first-order chi connectivity index (χ1) is 11.2. The number of benzene rings is 1. The van der Waals surface area contributed by atoms with Crippen LogP contribution >= 0.6 is 0 Å². The summed E-state index contributed by atoms with van der Waals surface area (Å²) in [5.41, 5.74) is 10.1. The molecule has 1 aliphatic heterocycles. The van der Waals surface area contributed by atoms with E-state index in [1.165, 1.54) is 0 Å². The van der Waals surface area contributed by atoms with Crippen molar-refractivity contribution >= 4 is 18.0 Å². The van der Waals surface area contributed by atoms with Gasteiger partial charge in [-0.25, -0.2) is 0 Å². The van der Waals surface area contributed by atoms with Crippen molar-refractivity contribution < 1.29 is 0 Å². The third-order valence-electron chi connectivity index (χ3n) is 4.06. The second-order valence-corrected chi connectivity index (χ2v) is 5.78. The molecule has 0 unspecified atom stereocenters. The van der Waals surface area contributed by atoms with E-state index in [-0.39, 0.29) is 0 Å². The summed E-state index contributed by atoms with van der Waals surface area (Å²) < 4.78 is 0. The van der Waals surface area contributed by atoms with Gasteiger partial charge in [-0.2, -0.15) is 0 Å². The molecule has 0 spiro atoms. The maximum atomic E-state index is 5.88. The Morgan fingerprint density at radius 1 is 1.30 bits per heavy atom. The molecule has 0 atom stereocenters. The molecule has 0 radical (unpaired) electrons. The first-order valence-electron chi connectivity index (χ1n) is 7.80. The molecule has 4 heteroatoms. The monoisotopic (exact) mass is 306 g/mol. The summed E-state index contributed by atoms with van der Waals surface area (Å²) in [6.07, 6.45) is 7.33. The van der Waals surface area contributed by atoms with Crippen molar-refractivity contribution in [2.75, 3.05) is 18.4 Å². The van der Waals surface area contributed by atoms with Crippen molar-refractivity contribution in [1.29, 1.82) is 0 Å². The van der Waals surface area contributed by atoms with Crippen LogP contribution in [0, 0.1) is 6.92 Å². The summed E-state index contributed by atoms with van der Waals surface area (Å²) in [5, 5.41) is 8.89. The van der Waals surface area contributed by atoms with E-state index in [4.69, 9.17) is 5.73 Å². The van der Waals surface area contributed by atoms with Crippen LogP contribution in [0.1, 0.15) is 5.69 Å². The lowest BCUT2D eigenvalue weighted by atomic mass is 10.0. The fourth-order valence-electron chi connectivity index (χ4n) is 2.66. The molecule has 1 saturated heterocycles. The Bertz CT molecular complexity index is 818. The van der Waals surface area contributed by atoms with E-state index in [2.05, 4.69) is 40.4 Å². The van der Waals surface area contributed by atoms with E-state index in [0.29, 0.717) is 6.04 Å². The summed E-state index contributed by atoms with van der Waals surface area (Å²) in [5.74, 6) is 0. The Balaban J connectivity index is 2.14. The second-order valence-electron chi connectivity index (χ2n) is 5.78. The van der Waals surface area contributed by atoms with E-state index in [1.54, 1.807) is 12.3 Å². The van der Waals surface area contributed by atoms with Crippen molar-refractivity contribution in [3.05, 3.63) is 59.2 Å². The lowest BCUT2D eigenvalue weighted by Gasteiger charge is -2.29. The van der Waals surface area contributed by atoms with Gasteiger partial charge in [0, 0.05) is 47.6 Å². The molecular formula is C19H22N4. The van der Waals surface area contributed by atoms with E-state index < -0.39 is 0 Å². The fraction of sp³-hybridized carbons (Fsp3) is 0.211. The first-order valence-corrected chi connectivity index (χ1v) is 7.80. The number of nitrogens with two attached hydrogens (primary N) is 1. The summed E-state index contributed by atoms with van der Waals surface area (Å²) in [6, 6.07) is 8.83. The molecule has 1 fully saturated rings. The SMILES string of the molecule is C=C/C=c1/cc(-c2ccc(C)nc2)cc(NC2CNC2)/c1=C/N. The topological polar surface area (TPSA) is 63.0 Å². The number of pyridine rings is 1. The lowest BCUT2D eigenvalue weighted by Crippen LogP contribution is -2.52. The fourth-order valence-corrected chi connectivity index (χ4v) is 2.66. The maximum absolute atomic E-state index is 5.88. The summed E-state index contributed by atoms with van der Waals surface area (Å²) in [7, 11) is 0. The highest BCUT2D eigenvalue weighted by molar-refractivity contribution is 5.69. The normalized spacial score (nSPS) is 16.2. The van der Waals surface area contributed by atoms with E-state index in [1.807, 2.05) is 25.3 Å². The zero-order valence-corrected chi connectivity index (χ0v) is 13.3. The molecule has 0 saturated carbocycles. The number of anilines is 1. The Labute approximate surface area is 136 Å². The highest BCUT2D eigenvalue weighted by atomic mass is 15.1. The van der Waals surface area contributed by atoms with Crippen molar-refractivity contribution in [2.24, 2.45) is 5.73 Å². The number of rotatable bonds is 4. The molecule has 3 rings (SSSR count). The van der Waals surface area contributed by atoms with Gasteiger partial charge in [-0.1, -0.05) is 24.8 Å². The van der Waals surface area contributed by atoms with Gasteiger partial charge in [0.2, 0.25) is 0 Å². The molecule has 4 N–H and O–H groups in total. The predicted molar refractivity (Wildman–Crippen MR) is 97.3 cm³/mol. The standard InChI is InChI=1S/C19H22N4/c1-3-4-14-7-16(15-6-5-13(2)22-10-15)8-19(18(14)9-20)23-17-11-21-12-17/h3-10,17,21,23H,1,11-12,20H2,2H3/b14-4-,18-9+. The Hall–Kier alpha value is -2.59. The minimum absolute atomic E-state index is 0.441. The number of aryl methyl sites for hydroxylation is 1. The Morgan fingerprint density at radius 2 is 2.13 bits per heavy atom. The van der Waals surface area contributed by atoms with Crippen LogP contribution in [0.4, 0.5) is 5.69 Å². The molecule has 0 amide bonds. The van der Waals surface area contributed by atoms with Gasteiger partial charge in [0.15, 0.2) is 0 Å². The largest absolute Gasteiger partial charge is 0.404 e. The van der Waals surface area contributed by atoms with E-state index >= 15 is 0 Å². The number of hydrogen-bond acceptors (Lipinski definition) is 4. The molecule has 0 aliphatic carbocycles. The molecule has 2 heterocycles. The highest BCUT2D eigenvalue weighted by Gasteiger charge is 2.17. The smallest absolute Gasteiger partial charge is 0.0510 e. The summed E-state index contributed by atoms with van der Waals surface area (Å²) in [4.78, 5) is 4.40. The van der Waals surface area contributed by atoms with Gasteiger partial charge < -0.3 is 16.4 Å². The molecule has 1 aromatic heterocycles. The van der Waals surface area contributed by atoms with Gasteiger partial charge in [-0.05, 0) is 35.9 Å². The van der Waals surface area contributed by atoms with Crippen molar-refractivity contribution in [2.45, 2.75) is 13.0 Å². The van der Waals surface area contributed by atoms with Crippen LogP contribution in [0.2, 0.25) is 0 Å². The lowest BCUT2D eigenvalue weighted by molar-refractivity contribution is 0.472. The van der Waals surface area contributed by atoms with Gasteiger partial charge in [-0.3, -0.25) is 4.98 Å². The molecule has 2 aromatic rings. The van der Waals surface area contributed by atoms with Crippen molar-refractivity contribution in [1.82, 2.24) is 10.3 Å². The zero-order valence-electron chi connectivity index (χ0n) is 13.3. The quantitative estimate of drug-likeness (QED) is 0.792. The van der Waals surface area contributed by atoms with Crippen LogP contribution in [0.5, 0.6) is 0 Å². The summed E-state index contributed by atoms with van der Waals surface area (Å²) >= 11 is 0. The average Bonchev–Trinajstić information content (AvgIpc) is 2.51. The molecule has 4 nitrogen and oxygen atoms in total. The van der Waals surface area contributed by atoms with Gasteiger partial charge in [-0.15, -0.1) is 0 Å². The number of nitrogens with zero attached hydrogens (tertiary/aromatic N) is 1. The minimum atomic E-state index is 0.441. The predicted octanol–water partition coefficient (Wildman–Crippen LogP) is 1.10. The number of aromatic nitrogens is 1. The third kappa shape index (κ3) is 3.27.